The minimum atomic E-state index is 0.151. The van der Waals surface area contributed by atoms with Gasteiger partial charge in [0, 0.05) is 11.4 Å². The van der Waals surface area contributed by atoms with Gasteiger partial charge in [0.25, 0.3) is 0 Å². The SMILES string of the molecule is Cc1cc(NC(C)c2ccco2)ccc1N. The molecule has 0 aliphatic rings. The van der Waals surface area contributed by atoms with E-state index < -0.39 is 0 Å². The molecule has 16 heavy (non-hydrogen) atoms. The number of benzene rings is 1. The van der Waals surface area contributed by atoms with Crippen molar-refractivity contribution in [3.63, 3.8) is 0 Å². The summed E-state index contributed by atoms with van der Waals surface area (Å²) in [6.07, 6.45) is 1.68. The van der Waals surface area contributed by atoms with Gasteiger partial charge in [-0.3, -0.25) is 0 Å². The maximum Gasteiger partial charge on any atom is 0.125 e. The second-order valence-corrected chi connectivity index (χ2v) is 3.95. The molecule has 1 heterocycles. The van der Waals surface area contributed by atoms with Crippen LogP contribution in [0.15, 0.2) is 41.0 Å². The van der Waals surface area contributed by atoms with Crippen molar-refractivity contribution in [2.75, 3.05) is 11.1 Å². The normalized spacial score (nSPS) is 12.4. The summed E-state index contributed by atoms with van der Waals surface area (Å²) in [5.74, 6) is 0.925. The van der Waals surface area contributed by atoms with Gasteiger partial charge >= 0.3 is 0 Å². The lowest BCUT2D eigenvalue weighted by Crippen LogP contribution is -2.05. The Morgan fingerprint density at radius 3 is 2.75 bits per heavy atom. The number of furan rings is 1. The summed E-state index contributed by atoms with van der Waals surface area (Å²) in [6, 6.07) is 9.92. The molecule has 2 aromatic rings. The summed E-state index contributed by atoms with van der Waals surface area (Å²) >= 11 is 0. The van der Waals surface area contributed by atoms with E-state index in [0.29, 0.717) is 0 Å². The molecule has 0 fully saturated rings. The second kappa shape index (κ2) is 4.31. The highest BCUT2D eigenvalue weighted by Crippen LogP contribution is 2.22. The molecule has 0 saturated heterocycles. The van der Waals surface area contributed by atoms with Gasteiger partial charge in [0.15, 0.2) is 0 Å². The Morgan fingerprint density at radius 2 is 2.12 bits per heavy atom. The van der Waals surface area contributed by atoms with Crippen LogP contribution in [0.3, 0.4) is 0 Å². The number of nitrogens with two attached hydrogens (primary N) is 1. The zero-order valence-electron chi connectivity index (χ0n) is 9.53. The number of nitrogens with one attached hydrogen (secondary N) is 1. The molecule has 1 atom stereocenters. The molecule has 3 nitrogen and oxygen atoms in total. The lowest BCUT2D eigenvalue weighted by atomic mass is 10.1. The first kappa shape index (κ1) is 10.6. The Bertz CT molecular complexity index is 463. The van der Waals surface area contributed by atoms with E-state index >= 15 is 0 Å². The second-order valence-electron chi connectivity index (χ2n) is 3.95. The van der Waals surface area contributed by atoms with Crippen molar-refractivity contribution in [3.8, 4) is 0 Å². The van der Waals surface area contributed by atoms with Crippen LogP contribution in [0.4, 0.5) is 11.4 Å². The van der Waals surface area contributed by atoms with Crippen molar-refractivity contribution in [1.29, 1.82) is 0 Å². The average molecular weight is 216 g/mol. The van der Waals surface area contributed by atoms with E-state index in [-0.39, 0.29) is 6.04 Å². The van der Waals surface area contributed by atoms with Crippen LogP contribution < -0.4 is 11.1 Å². The minimum Gasteiger partial charge on any atom is -0.467 e. The van der Waals surface area contributed by atoms with Gasteiger partial charge in [-0.25, -0.2) is 0 Å². The number of aryl methyl sites for hydroxylation is 1. The highest BCUT2D eigenvalue weighted by atomic mass is 16.3. The fourth-order valence-electron chi connectivity index (χ4n) is 1.62. The number of anilines is 2. The summed E-state index contributed by atoms with van der Waals surface area (Å²) in [5.41, 5.74) is 8.72. The monoisotopic (exact) mass is 216 g/mol. The molecule has 1 aromatic heterocycles. The molecule has 0 saturated carbocycles. The first-order valence-electron chi connectivity index (χ1n) is 5.33. The number of nitrogen functional groups attached to an aromatic ring is 1. The molecule has 3 heteroatoms. The lowest BCUT2D eigenvalue weighted by molar-refractivity contribution is 0.490. The predicted molar refractivity (Wildman–Crippen MR) is 66.3 cm³/mol. The van der Waals surface area contributed by atoms with Crippen LogP contribution in [-0.4, -0.2) is 0 Å². The van der Waals surface area contributed by atoms with Crippen LogP contribution >= 0.6 is 0 Å². The summed E-state index contributed by atoms with van der Waals surface area (Å²) in [6.45, 7) is 4.06. The zero-order chi connectivity index (χ0) is 11.5. The predicted octanol–water partition coefficient (Wildman–Crippen LogP) is 3.34. The molecule has 84 valence electrons. The van der Waals surface area contributed by atoms with E-state index in [4.69, 9.17) is 10.2 Å². The van der Waals surface area contributed by atoms with Gasteiger partial charge < -0.3 is 15.5 Å². The summed E-state index contributed by atoms with van der Waals surface area (Å²) in [7, 11) is 0. The Labute approximate surface area is 95.3 Å². The van der Waals surface area contributed by atoms with Crippen LogP contribution in [0, 0.1) is 6.92 Å². The summed E-state index contributed by atoms with van der Waals surface area (Å²) < 4.78 is 5.33. The Morgan fingerprint density at radius 1 is 1.31 bits per heavy atom. The fraction of sp³-hybridized carbons (Fsp3) is 0.231. The number of hydrogen-bond acceptors (Lipinski definition) is 3. The molecule has 3 N–H and O–H groups in total. The first-order chi connectivity index (χ1) is 7.66. The Kier molecular flexibility index (Phi) is 2.86. The van der Waals surface area contributed by atoms with Gasteiger partial charge in [-0.2, -0.15) is 0 Å². The maximum absolute atomic E-state index is 5.77. The van der Waals surface area contributed by atoms with Gasteiger partial charge in [0.2, 0.25) is 0 Å². The van der Waals surface area contributed by atoms with E-state index in [1.54, 1.807) is 6.26 Å². The average Bonchev–Trinajstić information content (AvgIpc) is 2.77. The summed E-state index contributed by atoms with van der Waals surface area (Å²) in [5, 5.41) is 3.36. The lowest BCUT2D eigenvalue weighted by Gasteiger charge is -2.13. The fourth-order valence-corrected chi connectivity index (χ4v) is 1.62. The number of hydrogen-bond donors (Lipinski definition) is 2. The smallest absolute Gasteiger partial charge is 0.125 e. The van der Waals surface area contributed by atoms with Crippen LogP contribution in [0.1, 0.15) is 24.3 Å². The standard InChI is InChI=1S/C13H16N2O/c1-9-8-11(5-6-12(9)14)15-10(2)13-4-3-7-16-13/h3-8,10,15H,14H2,1-2H3. The quantitative estimate of drug-likeness (QED) is 0.773. The van der Waals surface area contributed by atoms with Gasteiger partial charge in [-0.1, -0.05) is 0 Å². The maximum atomic E-state index is 5.77. The minimum absolute atomic E-state index is 0.151. The third-order valence-electron chi connectivity index (χ3n) is 2.62. The third kappa shape index (κ3) is 2.19. The highest BCUT2D eigenvalue weighted by Gasteiger charge is 2.07. The molecule has 0 amide bonds. The van der Waals surface area contributed by atoms with Crippen LogP contribution in [-0.2, 0) is 0 Å². The summed E-state index contributed by atoms with van der Waals surface area (Å²) in [4.78, 5) is 0. The number of rotatable bonds is 3. The van der Waals surface area contributed by atoms with E-state index in [1.807, 2.05) is 37.3 Å². The van der Waals surface area contributed by atoms with Gasteiger partial charge in [0.05, 0.1) is 12.3 Å². The van der Waals surface area contributed by atoms with Crippen molar-refractivity contribution >= 4 is 11.4 Å². The van der Waals surface area contributed by atoms with Crippen LogP contribution in [0.25, 0.3) is 0 Å². The Hall–Kier alpha value is -1.90. The van der Waals surface area contributed by atoms with Crippen LogP contribution in [0.5, 0.6) is 0 Å². The largest absolute Gasteiger partial charge is 0.467 e. The van der Waals surface area contributed by atoms with E-state index in [0.717, 1.165) is 22.7 Å². The molecule has 0 aliphatic carbocycles. The molecule has 2 rings (SSSR count). The first-order valence-corrected chi connectivity index (χ1v) is 5.33. The van der Waals surface area contributed by atoms with Gasteiger partial charge in [0.1, 0.15) is 5.76 Å². The molecular weight excluding hydrogens is 200 g/mol. The molecule has 0 radical (unpaired) electrons. The van der Waals surface area contributed by atoms with E-state index in [1.165, 1.54) is 0 Å². The third-order valence-corrected chi connectivity index (χ3v) is 2.62. The van der Waals surface area contributed by atoms with Crippen LogP contribution in [0.2, 0.25) is 0 Å². The highest BCUT2D eigenvalue weighted by molar-refractivity contribution is 5.57. The van der Waals surface area contributed by atoms with Crippen molar-refractivity contribution in [3.05, 3.63) is 47.9 Å². The van der Waals surface area contributed by atoms with Gasteiger partial charge in [-0.15, -0.1) is 0 Å². The molecule has 0 bridgehead atoms. The molecule has 0 spiro atoms. The van der Waals surface area contributed by atoms with E-state index in [9.17, 15) is 0 Å². The van der Waals surface area contributed by atoms with Gasteiger partial charge in [-0.05, 0) is 49.7 Å². The molecule has 1 unspecified atom stereocenters. The Balaban J connectivity index is 2.12. The molecule has 1 aromatic carbocycles. The van der Waals surface area contributed by atoms with Crippen molar-refractivity contribution in [2.45, 2.75) is 19.9 Å². The van der Waals surface area contributed by atoms with Crippen molar-refractivity contribution < 1.29 is 4.42 Å². The van der Waals surface area contributed by atoms with Crippen molar-refractivity contribution in [2.24, 2.45) is 0 Å². The molecule has 0 aliphatic heterocycles. The topological polar surface area (TPSA) is 51.2 Å². The van der Waals surface area contributed by atoms with Crippen molar-refractivity contribution in [1.82, 2.24) is 0 Å². The zero-order valence-corrected chi connectivity index (χ0v) is 9.53. The van der Waals surface area contributed by atoms with E-state index in [2.05, 4.69) is 12.2 Å². The molecular formula is C13H16N2O.